The van der Waals surface area contributed by atoms with E-state index in [-0.39, 0.29) is 5.91 Å². The van der Waals surface area contributed by atoms with Crippen molar-refractivity contribution in [2.24, 2.45) is 0 Å². The van der Waals surface area contributed by atoms with Crippen LogP contribution >= 0.6 is 0 Å². The van der Waals surface area contributed by atoms with Crippen LogP contribution in [0.4, 0.5) is 0 Å². The van der Waals surface area contributed by atoms with E-state index in [1.165, 1.54) is 0 Å². The zero-order valence-corrected chi connectivity index (χ0v) is 12.6. The third kappa shape index (κ3) is 6.04. The summed E-state index contributed by atoms with van der Waals surface area (Å²) in [6, 6.07) is 8.06. The number of ether oxygens (including phenoxy) is 2. The molecule has 0 radical (unpaired) electrons. The Bertz CT molecular complexity index is 447. The molecular weight excluding hydrogens is 268 g/mol. The van der Waals surface area contributed by atoms with Crippen molar-refractivity contribution in [2.75, 3.05) is 26.8 Å². The van der Waals surface area contributed by atoms with Gasteiger partial charge in [0.25, 0.3) is 0 Å². The lowest BCUT2D eigenvalue weighted by atomic mass is 10.3. The summed E-state index contributed by atoms with van der Waals surface area (Å²) < 4.78 is 10.9. The van der Waals surface area contributed by atoms with Crippen LogP contribution in [0, 0.1) is 0 Å². The molecule has 0 heterocycles. The molecule has 2 N–H and O–H groups in total. The number of amides is 1. The first-order valence-corrected chi connectivity index (χ1v) is 7.55. The topological polar surface area (TPSA) is 59.6 Å². The van der Waals surface area contributed by atoms with Crippen LogP contribution in [-0.4, -0.2) is 38.8 Å². The van der Waals surface area contributed by atoms with Crippen LogP contribution < -0.4 is 20.1 Å². The molecule has 2 rings (SSSR count). The highest BCUT2D eigenvalue weighted by Gasteiger charge is 2.22. The quantitative estimate of drug-likeness (QED) is 0.645. The molecule has 0 unspecified atom stereocenters. The number of benzene rings is 1. The van der Waals surface area contributed by atoms with Gasteiger partial charge in [0.15, 0.2) is 11.5 Å². The highest BCUT2D eigenvalue weighted by Crippen LogP contribution is 2.25. The predicted molar refractivity (Wildman–Crippen MR) is 81.8 cm³/mol. The van der Waals surface area contributed by atoms with Gasteiger partial charge in [-0.15, -0.1) is 0 Å². The van der Waals surface area contributed by atoms with Gasteiger partial charge >= 0.3 is 0 Å². The molecule has 0 saturated heterocycles. The minimum Gasteiger partial charge on any atom is -0.493 e. The molecule has 21 heavy (non-hydrogen) atoms. The second-order valence-electron chi connectivity index (χ2n) is 5.19. The molecule has 1 aliphatic carbocycles. The van der Waals surface area contributed by atoms with Gasteiger partial charge in [0.1, 0.15) is 6.61 Å². The molecule has 0 bridgehead atoms. The molecule has 0 aromatic heterocycles. The Hall–Kier alpha value is -1.75. The Morgan fingerprint density at radius 2 is 2.00 bits per heavy atom. The van der Waals surface area contributed by atoms with Crippen molar-refractivity contribution in [3.05, 3.63) is 24.3 Å². The summed E-state index contributed by atoms with van der Waals surface area (Å²) >= 11 is 0. The molecule has 0 atom stereocenters. The molecule has 1 aromatic rings. The Morgan fingerprint density at radius 3 is 2.71 bits per heavy atom. The highest BCUT2D eigenvalue weighted by molar-refractivity contribution is 5.76. The van der Waals surface area contributed by atoms with Crippen molar-refractivity contribution in [2.45, 2.75) is 31.7 Å². The first kappa shape index (κ1) is 15.6. The molecule has 1 aliphatic rings. The zero-order valence-electron chi connectivity index (χ0n) is 12.6. The van der Waals surface area contributed by atoms with E-state index in [4.69, 9.17) is 9.47 Å². The fourth-order valence-corrected chi connectivity index (χ4v) is 2.00. The zero-order chi connectivity index (χ0) is 14.9. The van der Waals surface area contributed by atoms with Gasteiger partial charge in [0.05, 0.1) is 7.11 Å². The molecule has 5 heteroatoms. The highest BCUT2D eigenvalue weighted by atomic mass is 16.5. The summed E-state index contributed by atoms with van der Waals surface area (Å²) in [6.07, 6.45) is 3.73. The summed E-state index contributed by atoms with van der Waals surface area (Å²) in [6.45, 7) is 2.16. The number of rotatable bonds is 10. The minimum absolute atomic E-state index is 0.171. The minimum atomic E-state index is 0.171. The molecule has 1 saturated carbocycles. The molecule has 1 amide bonds. The maximum Gasteiger partial charge on any atom is 0.220 e. The van der Waals surface area contributed by atoms with Gasteiger partial charge in [0, 0.05) is 19.0 Å². The normalized spacial score (nSPS) is 13.8. The van der Waals surface area contributed by atoms with E-state index in [9.17, 15) is 4.79 Å². The average Bonchev–Trinajstić information content (AvgIpc) is 3.30. The van der Waals surface area contributed by atoms with Crippen molar-refractivity contribution in [1.29, 1.82) is 0 Å². The van der Waals surface area contributed by atoms with E-state index in [1.807, 2.05) is 24.3 Å². The summed E-state index contributed by atoms with van der Waals surface area (Å²) in [5.74, 6) is 1.67. The van der Waals surface area contributed by atoms with Crippen LogP contribution in [0.3, 0.4) is 0 Å². The van der Waals surface area contributed by atoms with E-state index in [0.717, 1.165) is 43.9 Å². The first-order chi connectivity index (χ1) is 10.3. The third-order valence-electron chi connectivity index (χ3n) is 3.31. The number of para-hydroxylation sites is 2. The lowest BCUT2D eigenvalue weighted by Crippen LogP contribution is -2.27. The number of hydrogen-bond donors (Lipinski definition) is 2. The van der Waals surface area contributed by atoms with Gasteiger partial charge in [-0.1, -0.05) is 12.1 Å². The lowest BCUT2D eigenvalue weighted by molar-refractivity contribution is -0.121. The van der Waals surface area contributed by atoms with Gasteiger partial charge in [-0.05, 0) is 37.9 Å². The number of carbonyl (C=O) groups excluding carboxylic acids is 1. The Labute approximate surface area is 126 Å². The van der Waals surface area contributed by atoms with Crippen LogP contribution in [0.15, 0.2) is 24.3 Å². The lowest BCUT2D eigenvalue weighted by Gasteiger charge is -2.10. The Kier molecular flexibility index (Phi) is 6.34. The van der Waals surface area contributed by atoms with Crippen LogP contribution in [0.1, 0.15) is 25.7 Å². The van der Waals surface area contributed by atoms with Crippen LogP contribution in [0.2, 0.25) is 0 Å². The van der Waals surface area contributed by atoms with Crippen molar-refractivity contribution in [3.8, 4) is 11.5 Å². The number of hydrogen-bond acceptors (Lipinski definition) is 4. The fraction of sp³-hybridized carbons (Fsp3) is 0.562. The van der Waals surface area contributed by atoms with Gasteiger partial charge in [-0.3, -0.25) is 4.79 Å². The van der Waals surface area contributed by atoms with E-state index in [1.54, 1.807) is 7.11 Å². The molecule has 116 valence electrons. The van der Waals surface area contributed by atoms with Crippen LogP contribution in [0.5, 0.6) is 11.5 Å². The summed E-state index contributed by atoms with van der Waals surface area (Å²) in [5.41, 5.74) is 0. The molecule has 0 spiro atoms. The molecule has 0 aliphatic heterocycles. The Balaban J connectivity index is 1.48. The van der Waals surface area contributed by atoms with Crippen LogP contribution in [0.25, 0.3) is 0 Å². The number of methoxy groups -OCH3 is 1. The van der Waals surface area contributed by atoms with E-state index >= 15 is 0 Å². The summed E-state index contributed by atoms with van der Waals surface area (Å²) in [7, 11) is 1.63. The number of nitrogens with one attached hydrogen (secondary N) is 2. The first-order valence-electron chi connectivity index (χ1n) is 7.55. The van der Waals surface area contributed by atoms with Crippen molar-refractivity contribution in [1.82, 2.24) is 10.6 Å². The molecule has 1 fully saturated rings. The molecule has 1 aromatic carbocycles. The van der Waals surface area contributed by atoms with Gasteiger partial charge in [-0.25, -0.2) is 0 Å². The van der Waals surface area contributed by atoms with Crippen molar-refractivity contribution >= 4 is 5.91 Å². The largest absolute Gasteiger partial charge is 0.493 e. The van der Waals surface area contributed by atoms with Gasteiger partial charge in [-0.2, -0.15) is 0 Å². The van der Waals surface area contributed by atoms with Gasteiger partial charge in [0.2, 0.25) is 5.91 Å². The van der Waals surface area contributed by atoms with Crippen LogP contribution in [-0.2, 0) is 4.79 Å². The fourth-order valence-electron chi connectivity index (χ4n) is 2.00. The second-order valence-corrected chi connectivity index (χ2v) is 5.19. The summed E-state index contributed by atoms with van der Waals surface area (Å²) in [4.78, 5) is 11.5. The molecular formula is C16H24N2O3. The van der Waals surface area contributed by atoms with Gasteiger partial charge < -0.3 is 20.1 Å². The Morgan fingerprint density at radius 1 is 1.24 bits per heavy atom. The monoisotopic (exact) mass is 292 g/mol. The maximum atomic E-state index is 11.5. The SMILES string of the molecule is COc1ccccc1OCCNCCCC(=O)NC1CC1. The third-order valence-corrected chi connectivity index (χ3v) is 3.31. The molecule has 5 nitrogen and oxygen atoms in total. The number of carbonyl (C=O) groups is 1. The standard InChI is InChI=1S/C16H24N2O3/c1-20-14-5-2-3-6-15(14)21-12-11-17-10-4-7-16(19)18-13-8-9-13/h2-3,5-6,13,17H,4,7-12H2,1H3,(H,18,19). The smallest absolute Gasteiger partial charge is 0.220 e. The van der Waals surface area contributed by atoms with Crippen molar-refractivity contribution in [3.63, 3.8) is 0 Å². The van der Waals surface area contributed by atoms with E-state index in [0.29, 0.717) is 19.1 Å². The van der Waals surface area contributed by atoms with E-state index in [2.05, 4.69) is 10.6 Å². The second kappa shape index (κ2) is 8.52. The summed E-state index contributed by atoms with van der Waals surface area (Å²) in [5, 5.41) is 6.26. The average molecular weight is 292 g/mol. The van der Waals surface area contributed by atoms with Crippen molar-refractivity contribution < 1.29 is 14.3 Å². The predicted octanol–water partition coefficient (Wildman–Crippen LogP) is 1.72. The maximum absolute atomic E-state index is 11.5. The van der Waals surface area contributed by atoms with E-state index < -0.39 is 0 Å².